The molecule has 314 valence electrons. The van der Waals surface area contributed by atoms with E-state index in [9.17, 15) is 0 Å². The number of aromatic nitrogens is 6. The molecule has 0 saturated carbocycles. The molecule has 68 heavy (non-hydrogen) atoms. The number of para-hydroxylation sites is 5. The molecule has 2 aliphatic carbocycles. The summed E-state index contributed by atoms with van der Waals surface area (Å²) in [6.07, 6.45) is 3.66. The van der Waals surface area contributed by atoms with Gasteiger partial charge in [0, 0.05) is 44.3 Å². The van der Waals surface area contributed by atoms with Gasteiger partial charge in [0.25, 0.3) is 0 Å². The Morgan fingerprint density at radius 1 is 0.294 bits per heavy atom. The van der Waals surface area contributed by atoms with Crippen LogP contribution in [0.4, 0.5) is 0 Å². The molecule has 5 aromatic heterocycles. The number of rotatable bonds is 2. The van der Waals surface area contributed by atoms with Crippen LogP contribution in [0.25, 0.3) is 131 Å². The molecule has 0 spiro atoms. The number of hydrogen-bond donors (Lipinski definition) is 0. The molecule has 9 aromatic carbocycles. The SMILES string of the molecule is c1ccc2c(c1)cc1n(-c3ccc4cc5n(-c6ccc7c8cccc9c8=c8c(cccc8c8ncncc8c8ccccc98)c8ccccc8c7c6)c6ccccc6n5c4c3)c3ccccc3n21. The minimum atomic E-state index is 0.946. The summed E-state index contributed by atoms with van der Waals surface area (Å²) in [5, 5.41) is 17.7. The van der Waals surface area contributed by atoms with Crippen molar-refractivity contribution in [2.24, 2.45) is 0 Å². The molecule has 0 atom stereocenters. The van der Waals surface area contributed by atoms with E-state index in [-0.39, 0.29) is 0 Å². The summed E-state index contributed by atoms with van der Waals surface area (Å²) >= 11 is 0. The Bertz CT molecular complexity index is 4990. The molecule has 5 heterocycles. The minimum absolute atomic E-state index is 0.946. The van der Waals surface area contributed by atoms with Gasteiger partial charge in [0.2, 0.25) is 0 Å². The zero-order chi connectivity index (χ0) is 44.2. The first-order valence-corrected chi connectivity index (χ1v) is 23.2. The summed E-state index contributed by atoms with van der Waals surface area (Å²) in [7, 11) is 0. The number of fused-ring (bicyclic) bond motifs is 20. The lowest BCUT2D eigenvalue weighted by molar-refractivity contribution is 1.14. The Labute approximate surface area is 386 Å². The van der Waals surface area contributed by atoms with Crippen molar-refractivity contribution in [3.63, 3.8) is 0 Å². The van der Waals surface area contributed by atoms with Crippen molar-refractivity contribution in [3.05, 3.63) is 229 Å². The number of nitrogens with zero attached hydrogens (tertiary/aromatic N) is 6. The van der Waals surface area contributed by atoms with Gasteiger partial charge in [-0.3, -0.25) is 17.9 Å². The second-order valence-corrected chi connectivity index (χ2v) is 18.2. The van der Waals surface area contributed by atoms with Gasteiger partial charge >= 0.3 is 0 Å². The fourth-order valence-electron chi connectivity index (χ4n) is 12.1. The van der Waals surface area contributed by atoms with Crippen LogP contribution in [0.1, 0.15) is 0 Å². The summed E-state index contributed by atoms with van der Waals surface area (Å²) in [6, 6.07) is 76.2. The van der Waals surface area contributed by atoms with E-state index in [1.54, 1.807) is 6.33 Å². The second kappa shape index (κ2) is 13.2. The summed E-state index contributed by atoms with van der Waals surface area (Å²) in [4.78, 5) is 9.58. The third-order valence-electron chi connectivity index (χ3n) is 14.8. The van der Waals surface area contributed by atoms with Crippen LogP contribution in [0.3, 0.4) is 0 Å². The molecule has 14 aromatic rings. The van der Waals surface area contributed by atoms with E-state index in [0.717, 1.165) is 55.4 Å². The topological polar surface area (TPSA) is 44.5 Å². The fraction of sp³-hybridized carbons (Fsp3) is 0. The van der Waals surface area contributed by atoms with Crippen molar-refractivity contribution in [2.45, 2.75) is 0 Å². The van der Waals surface area contributed by atoms with Gasteiger partial charge in [-0.25, -0.2) is 9.97 Å². The van der Waals surface area contributed by atoms with Crippen molar-refractivity contribution in [1.29, 1.82) is 0 Å². The van der Waals surface area contributed by atoms with Crippen LogP contribution in [0, 0.1) is 10.4 Å². The third-order valence-corrected chi connectivity index (χ3v) is 14.8. The van der Waals surface area contributed by atoms with Crippen molar-refractivity contribution in [2.75, 3.05) is 0 Å². The number of hydrogen-bond acceptors (Lipinski definition) is 2. The van der Waals surface area contributed by atoms with Gasteiger partial charge in [0.15, 0.2) is 0 Å². The van der Waals surface area contributed by atoms with Gasteiger partial charge in [0.05, 0.1) is 38.6 Å². The van der Waals surface area contributed by atoms with E-state index in [0.29, 0.717) is 0 Å². The van der Waals surface area contributed by atoms with Gasteiger partial charge in [0.1, 0.15) is 17.6 Å². The Morgan fingerprint density at radius 2 is 0.750 bits per heavy atom. The molecule has 0 amide bonds. The van der Waals surface area contributed by atoms with E-state index in [1.807, 2.05) is 6.20 Å². The summed E-state index contributed by atoms with van der Waals surface area (Å²) in [6.45, 7) is 0. The van der Waals surface area contributed by atoms with Crippen LogP contribution < -0.4 is 0 Å². The minimum Gasteiger partial charge on any atom is -0.294 e. The highest BCUT2D eigenvalue weighted by molar-refractivity contribution is 6.21. The van der Waals surface area contributed by atoms with Gasteiger partial charge < -0.3 is 0 Å². The molecule has 0 bridgehead atoms. The van der Waals surface area contributed by atoms with Gasteiger partial charge in [-0.1, -0.05) is 140 Å². The first-order chi connectivity index (χ1) is 33.8. The molecule has 0 fully saturated rings. The van der Waals surface area contributed by atoms with Crippen LogP contribution >= 0.6 is 0 Å². The first-order valence-electron chi connectivity index (χ1n) is 23.2. The van der Waals surface area contributed by atoms with Crippen LogP contribution in [0.15, 0.2) is 219 Å². The fourth-order valence-corrected chi connectivity index (χ4v) is 12.1. The molecule has 16 rings (SSSR count). The van der Waals surface area contributed by atoms with Crippen LogP contribution in [-0.4, -0.2) is 27.9 Å². The molecule has 6 nitrogen and oxygen atoms in total. The molecule has 0 radical (unpaired) electrons. The highest BCUT2D eigenvalue weighted by Crippen LogP contribution is 2.40. The monoisotopic (exact) mass is 864 g/mol. The zero-order valence-electron chi connectivity index (χ0n) is 36.5. The molecular formula is C62H36N6. The lowest BCUT2D eigenvalue weighted by Crippen LogP contribution is -1.95. The van der Waals surface area contributed by atoms with E-state index in [1.165, 1.54) is 86.4 Å². The van der Waals surface area contributed by atoms with Crippen molar-refractivity contribution < 1.29 is 0 Å². The maximum Gasteiger partial charge on any atom is 0.123 e. The number of imidazole rings is 2. The Kier molecular flexibility index (Phi) is 6.98. The predicted molar refractivity (Wildman–Crippen MR) is 282 cm³/mol. The summed E-state index contributed by atoms with van der Waals surface area (Å²) in [5.74, 6) is 0. The molecular weight excluding hydrogens is 829 g/mol. The normalized spacial score (nSPS) is 12.4. The van der Waals surface area contributed by atoms with Crippen molar-refractivity contribution >= 4 is 120 Å². The molecule has 2 aliphatic rings. The maximum atomic E-state index is 5.02. The Hall–Kier alpha value is -9.26. The molecule has 6 heteroatoms. The third kappa shape index (κ3) is 4.65. The lowest BCUT2D eigenvalue weighted by atomic mass is 9.91. The highest BCUT2D eigenvalue weighted by atomic mass is 15.2. The average molecular weight is 865 g/mol. The Morgan fingerprint density at radius 3 is 1.41 bits per heavy atom. The second-order valence-electron chi connectivity index (χ2n) is 18.2. The maximum absolute atomic E-state index is 5.02. The van der Waals surface area contributed by atoms with Crippen molar-refractivity contribution in [3.8, 4) is 11.4 Å². The summed E-state index contributed by atoms with van der Waals surface area (Å²) in [5.41, 5.74) is 12.5. The van der Waals surface area contributed by atoms with Crippen LogP contribution in [0.5, 0.6) is 0 Å². The predicted octanol–water partition coefficient (Wildman–Crippen LogP) is 15.4. The molecule has 0 N–H and O–H groups in total. The van der Waals surface area contributed by atoms with Gasteiger partial charge in [-0.05, 0) is 120 Å². The van der Waals surface area contributed by atoms with Crippen LogP contribution in [-0.2, 0) is 0 Å². The number of benzene rings is 9. The lowest BCUT2D eigenvalue weighted by Gasteiger charge is -2.14. The standard InChI is InChI=1S/C62H36N6/c1-6-22-52-37(13-1)31-58-66(53-23-7-9-25-55(53)67(52)58)40-28-27-38-32-59-65(54-24-8-10-26-56(54)68(59)57(38)34-40)39-29-30-45-48-19-11-18-46-42-15-3-5-17-44(42)51-35-63-36-64-62(51)49-21-12-20-47(61(49)60(46)48)41-14-2-4-16-43(41)50(45)33-39/h1-36H. The zero-order valence-corrected chi connectivity index (χ0v) is 36.5. The smallest absolute Gasteiger partial charge is 0.123 e. The van der Waals surface area contributed by atoms with Crippen LogP contribution in [0.2, 0.25) is 0 Å². The molecule has 0 saturated heterocycles. The Balaban J connectivity index is 1.02. The van der Waals surface area contributed by atoms with E-state index in [2.05, 4.69) is 229 Å². The average Bonchev–Trinajstić information content (AvgIpc) is 4.14. The van der Waals surface area contributed by atoms with E-state index < -0.39 is 0 Å². The van der Waals surface area contributed by atoms with E-state index >= 15 is 0 Å². The largest absolute Gasteiger partial charge is 0.294 e. The first kappa shape index (κ1) is 36.0. The highest BCUT2D eigenvalue weighted by Gasteiger charge is 2.21. The quantitative estimate of drug-likeness (QED) is 0.174. The molecule has 0 unspecified atom stereocenters. The molecule has 0 aliphatic heterocycles. The van der Waals surface area contributed by atoms with Crippen molar-refractivity contribution in [1.82, 2.24) is 27.9 Å². The summed E-state index contributed by atoms with van der Waals surface area (Å²) < 4.78 is 9.71. The van der Waals surface area contributed by atoms with Gasteiger partial charge in [-0.2, -0.15) is 0 Å². The van der Waals surface area contributed by atoms with Gasteiger partial charge in [-0.15, -0.1) is 0 Å². The van der Waals surface area contributed by atoms with E-state index in [4.69, 9.17) is 4.98 Å².